The number of anilines is 1. The van der Waals surface area contributed by atoms with E-state index in [4.69, 9.17) is 11.6 Å². The quantitative estimate of drug-likeness (QED) is 0.900. The molecule has 126 valence electrons. The maximum Gasteiger partial charge on any atom is 0.339 e. The van der Waals surface area contributed by atoms with Gasteiger partial charge in [-0.2, -0.15) is 5.10 Å². The van der Waals surface area contributed by atoms with Crippen LogP contribution < -0.4 is 4.90 Å². The zero-order chi connectivity index (χ0) is 16.7. The summed E-state index contributed by atoms with van der Waals surface area (Å²) in [6.45, 7) is 2.47. The lowest BCUT2D eigenvalue weighted by Gasteiger charge is -2.18. The molecule has 0 aromatic carbocycles. The van der Waals surface area contributed by atoms with Crippen LogP contribution in [0.15, 0.2) is 18.5 Å². The Labute approximate surface area is 145 Å². The maximum atomic E-state index is 11.4. The average Bonchev–Trinajstić information content (AvgIpc) is 3.08. The standard InChI is InChI=1S/C17H19ClN4O2/c18-14-7-11(8-19-16(14)21-5-1-2-6-21)9-22-10-13(17(23)24)15(20-22)12-3-4-12/h7-8,10,12H,1-6,9H2,(H,23,24). The minimum absolute atomic E-state index is 0.302. The van der Waals surface area contributed by atoms with E-state index in [2.05, 4.69) is 15.0 Å². The lowest BCUT2D eigenvalue weighted by atomic mass is 10.2. The summed E-state index contributed by atoms with van der Waals surface area (Å²) < 4.78 is 1.68. The molecule has 1 aliphatic heterocycles. The highest BCUT2D eigenvalue weighted by molar-refractivity contribution is 6.33. The number of carboxylic acids is 1. The number of carbonyl (C=O) groups is 1. The Morgan fingerprint density at radius 3 is 2.71 bits per heavy atom. The molecule has 0 radical (unpaired) electrons. The summed E-state index contributed by atoms with van der Waals surface area (Å²) in [7, 11) is 0. The third-order valence-corrected chi connectivity index (χ3v) is 4.89. The molecule has 1 saturated carbocycles. The molecular weight excluding hydrogens is 328 g/mol. The predicted octanol–water partition coefficient (Wildman–Crippen LogP) is 3.16. The fraction of sp³-hybridized carbons (Fsp3) is 0.471. The lowest BCUT2D eigenvalue weighted by molar-refractivity contribution is 0.0695. The summed E-state index contributed by atoms with van der Waals surface area (Å²) in [4.78, 5) is 18.1. The Morgan fingerprint density at radius 2 is 2.08 bits per heavy atom. The van der Waals surface area contributed by atoms with Crippen molar-refractivity contribution in [1.82, 2.24) is 14.8 Å². The highest BCUT2D eigenvalue weighted by Gasteiger charge is 2.31. The topological polar surface area (TPSA) is 71.2 Å². The minimum atomic E-state index is -0.913. The maximum absolute atomic E-state index is 11.4. The Kier molecular flexibility index (Phi) is 3.92. The largest absolute Gasteiger partial charge is 0.478 e. The van der Waals surface area contributed by atoms with Crippen molar-refractivity contribution >= 4 is 23.4 Å². The van der Waals surface area contributed by atoms with E-state index in [0.29, 0.717) is 28.7 Å². The molecule has 1 aliphatic carbocycles. The Balaban J connectivity index is 1.56. The van der Waals surface area contributed by atoms with Crippen molar-refractivity contribution in [3.8, 4) is 0 Å². The number of rotatable bonds is 5. The van der Waals surface area contributed by atoms with E-state index in [0.717, 1.165) is 37.3 Å². The van der Waals surface area contributed by atoms with Crippen LogP contribution in [0.4, 0.5) is 5.82 Å². The van der Waals surface area contributed by atoms with E-state index < -0.39 is 5.97 Å². The van der Waals surface area contributed by atoms with Gasteiger partial charge in [0.1, 0.15) is 11.4 Å². The van der Waals surface area contributed by atoms with E-state index in [1.807, 2.05) is 6.07 Å². The van der Waals surface area contributed by atoms with Crippen molar-refractivity contribution in [2.24, 2.45) is 0 Å². The molecule has 0 atom stereocenters. The van der Waals surface area contributed by atoms with Crippen molar-refractivity contribution in [2.75, 3.05) is 18.0 Å². The van der Waals surface area contributed by atoms with E-state index >= 15 is 0 Å². The fourth-order valence-electron chi connectivity index (χ4n) is 3.25. The van der Waals surface area contributed by atoms with Crippen molar-refractivity contribution in [3.63, 3.8) is 0 Å². The number of pyridine rings is 1. The van der Waals surface area contributed by atoms with Gasteiger partial charge in [-0.05, 0) is 37.3 Å². The van der Waals surface area contributed by atoms with Crippen LogP contribution in [0, 0.1) is 0 Å². The fourth-order valence-corrected chi connectivity index (χ4v) is 3.55. The van der Waals surface area contributed by atoms with Crippen LogP contribution in [-0.2, 0) is 6.54 Å². The molecule has 0 bridgehead atoms. The summed E-state index contributed by atoms with van der Waals surface area (Å²) in [6, 6.07) is 1.90. The molecule has 1 saturated heterocycles. The van der Waals surface area contributed by atoms with Crippen LogP contribution in [0.1, 0.15) is 53.2 Å². The van der Waals surface area contributed by atoms with Gasteiger partial charge < -0.3 is 10.0 Å². The number of nitrogens with zero attached hydrogens (tertiary/aromatic N) is 4. The van der Waals surface area contributed by atoms with Crippen molar-refractivity contribution in [1.29, 1.82) is 0 Å². The molecule has 2 aromatic heterocycles. The first-order valence-electron chi connectivity index (χ1n) is 8.32. The first-order valence-corrected chi connectivity index (χ1v) is 8.69. The molecule has 6 nitrogen and oxygen atoms in total. The second kappa shape index (κ2) is 6.09. The van der Waals surface area contributed by atoms with Crippen molar-refractivity contribution in [2.45, 2.75) is 38.1 Å². The van der Waals surface area contributed by atoms with Gasteiger partial charge in [0.15, 0.2) is 0 Å². The Morgan fingerprint density at radius 1 is 1.33 bits per heavy atom. The molecule has 2 fully saturated rings. The average molecular weight is 347 g/mol. The van der Waals surface area contributed by atoms with Gasteiger partial charge in [0, 0.05) is 31.4 Å². The van der Waals surface area contributed by atoms with Crippen LogP contribution in [0.3, 0.4) is 0 Å². The molecule has 4 rings (SSSR count). The van der Waals surface area contributed by atoms with Crippen molar-refractivity contribution in [3.05, 3.63) is 40.3 Å². The van der Waals surface area contributed by atoms with Crippen LogP contribution >= 0.6 is 11.6 Å². The van der Waals surface area contributed by atoms with E-state index in [9.17, 15) is 9.90 Å². The second-order valence-electron chi connectivity index (χ2n) is 6.55. The normalized spacial score (nSPS) is 17.5. The van der Waals surface area contributed by atoms with Crippen molar-refractivity contribution < 1.29 is 9.90 Å². The van der Waals surface area contributed by atoms with Gasteiger partial charge in [0.25, 0.3) is 0 Å². The molecule has 0 unspecified atom stereocenters. The minimum Gasteiger partial charge on any atom is -0.478 e. The first kappa shape index (κ1) is 15.4. The number of aromatic nitrogens is 3. The lowest BCUT2D eigenvalue weighted by Crippen LogP contribution is -2.19. The third-order valence-electron chi connectivity index (χ3n) is 4.61. The smallest absolute Gasteiger partial charge is 0.339 e. The zero-order valence-corrected chi connectivity index (χ0v) is 14.0. The van der Waals surface area contributed by atoms with E-state index in [1.165, 1.54) is 12.8 Å². The second-order valence-corrected chi connectivity index (χ2v) is 6.96. The molecule has 0 spiro atoms. The van der Waals surface area contributed by atoms with E-state index in [1.54, 1.807) is 17.1 Å². The molecule has 2 aromatic rings. The summed E-state index contributed by atoms with van der Waals surface area (Å²) in [5, 5.41) is 14.4. The van der Waals surface area contributed by atoms with Gasteiger partial charge in [-0.1, -0.05) is 11.6 Å². The van der Waals surface area contributed by atoms with E-state index in [-0.39, 0.29) is 0 Å². The Bertz CT molecular complexity index is 779. The highest BCUT2D eigenvalue weighted by atomic mass is 35.5. The monoisotopic (exact) mass is 346 g/mol. The van der Waals surface area contributed by atoms with Gasteiger partial charge in [-0.15, -0.1) is 0 Å². The number of aromatic carboxylic acids is 1. The van der Waals surface area contributed by atoms with Crippen LogP contribution in [0.25, 0.3) is 0 Å². The third kappa shape index (κ3) is 2.98. The molecule has 3 heterocycles. The van der Waals surface area contributed by atoms with Gasteiger partial charge in [0.2, 0.25) is 0 Å². The molecular formula is C17H19ClN4O2. The highest BCUT2D eigenvalue weighted by Crippen LogP contribution is 2.40. The molecule has 7 heteroatoms. The SMILES string of the molecule is O=C(O)c1cn(Cc2cnc(N3CCCC3)c(Cl)c2)nc1C1CC1. The molecule has 0 amide bonds. The molecule has 2 aliphatic rings. The number of carboxylic acid groups (broad SMARTS) is 1. The zero-order valence-electron chi connectivity index (χ0n) is 13.3. The summed E-state index contributed by atoms with van der Waals surface area (Å²) in [5.41, 5.74) is 1.94. The molecule has 24 heavy (non-hydrogen) atoms. The number of hydrogen-bond acceptors (Lipinski definition) is 4. The summed E-state index contributed by atoms with van der Waals surface area (Å²) in [5.74, 6) is 0.226. The van der Waals surface area contributed by atoms with Gasteiger partial charge in [-0.3, -0.25) is 4.68 Å². The van der Waals surface area contributed by atoms with Gasteiger partial charge in [-0.25, -0.2) is 9.78 Å². The van der Waals surface area contributed by atoms with Crippen LogP contribution in [0.2, 0.25) is 5.02 Å². The predicted molar refractivity (Wildman–Crippen MR) is 91.0 cm³/mol. The summed E-state index contributed by atoms with van der Waals surface area (Å²) in [6.07, 6.45) is 7.81. The molecule has 1 N–H and O–H groups in total. The Hall–Kier alpha value is -2.08. The van der Waals surface area contributed by atoms with Gasteiger partial charge in [0.05, 0.1) is 17.3 Å². The van der Waals surface area contributed by atoms with Crippen LogP contribution in [0.5, 0.6) is 0 Å². The van der Waals surface area contributed by atoms with Crippen LogP contribution in [-0.4, -0.2) is 38.9 Å². The summed E-state index contributed by atoms with van der Waals surface area (Å²) >= 11 is 6.40. The van der Waals surface area contributed by atoms with Gasteiger partial charge >= 0.3 is 5.97 Å². The number of hydrogen-bond donors (Lipinski definition) is 1. The number of halogens is 1. The first-order chi connectivity index (χ1) is 11.6.